The average Bonchev–Trinajstić information content (AvgIpc) is 2.84. The lowest BCUT2D eigenvalue weighted by Gasteiger charge is -2.07. The minimum atomic E-state index is 0.500. The van der Waals surface area contributed by atoms with Crippen molar-refractivity contribution < 1.29 is 4.42 Å². The maximum absolute atomic E-state index is 5.30. The third kappa shape index (κ3) is 1.53. The first-order chi connectivity index (χ1) is 7.33. The van der Waals surface area contributed by atoms with E-state index in [2.05, 4.69) is 29.4 Å². The van der Waals surface area contributed by atoms with E-state index < -0.39 is 0 Å². The molecule has 1 saturated heterocycles. The summed E-state index contributed by atoms with van der Waals surface area (Å²) in [6.45, 7) is 3.12. The van der Waals surface area contributed by atoms with Gasteiger partial charge in [0.1, 0.15) is 5.52 Å². The second kappa shape index (κ2) is 3.35. The Hall–Kier alpha value is -1.35. The second-order valence-corrected chi connectivity index (χ2v) is 4.23. The number of benzene rings is 1. The molecule has 2 heterocycles. The molecule has 1 aromatic heterocycles. The molecule has 2 unspecified atom stereocenters. The predicted molar refractivity (Wildman–Crippen MR) is 57.8 cm³/mol. The highest BCUT2D eigenvalue weighted by Gasteiger charge is 2.23. The molecule has 0 N–H and O–H groups in total. The molecule has 2 aromatic rings. The Kier molecular flexibility index (Phi) is 1.99. The van der Waals surface area contributed by atoms with Gasteiger partial charge in [0, 0.05) is 12.6 Å². The molecule has 3 heteroatoms. The minimum absolute atomic E-state index is 0.500. The van der Waals surface area contributed by atoms with Gasteiger partial charge in [-0.25, -0.2) is 10.3 Å². The maximum atomic E-state index is 5.30. The van der Waals surface area contributed by atoms with E-state index in [9.17, 15) is 0 Å². The lowest BCUT2D eigenvalue weighted by Crippen LogP contribution is -2.07. The summed E-state index contributed by atoms with van der Waals surface area (Å²) in [5.74, 6) is 0.564. The summed E-state index contributed by atoms with van der Waals surface area (Å²) in [5.41, 5.74) is 3.14. The van der Waals surface area contributed by atoms with E-state index in [4.69, 9.17) is 4.42 Å². The van der Waals surface area contributed by atoms with Crippen LogP contribution < -0.4 is 5.32 Å². The van der Waals surface area contributed by atoms with Crippen LogP contribution in [-0.2, 0) is 0 Å². The lowest BCUT2D eigenvalue weighted by molar-refractivity contribution is 0.600. The molecule has 0 saturated carbocycles. The van der Waals surface area contributed by atoms with Crippen LogP contribution in [0.25, 0.3) is 11.1 Å². The highest BCUT2D eigenvalue weighted by Crippen LogP contribution is 2.28. The van der Waals surface area contributed by atoms with Gasteiger partial charge in [0.05, 0.1) is 0 Å². The van der Waals surface area contributed by atoms with Gasteiger partial charge in [-0.15, -0.1) is 0 Å². The van der Waals surface area contributed by atoms with Crippen LogP contribution in [-0.4, -0.2) is 17.6 Å². The molecule has 2 atom stereocenters. The molecule has 1 aliphatic rings. The van der Waals surface area contributed by atoms with Crippen molar-refractivity contribution >= 4 is 11.1 Å². The Bertz CT molecular complexity index is 477. The van der Waals surface area contributed by atoms with Crippen molar-refractivity contribution in [3.05, 3.63) is 30.2 Å². The van der Waals surface area contributed by atoms with Crippen molar-refractivity contribution in [1.29, 1.82) is 0 Å². The van der Waals surface area contributed by atoms with Crippen LogP contribution in [0.2, 0.25) is 0 Å². The first-order valence-electron chi connectivity index (χ1n) is 5.32. The van der Waals surface area contributed by atoms with Crippen LogP contribution in [0.1, 0.15) is 24.8 Å². The van der Waals surface area contributed by atoms with Crippen molar-refractivity contribution in [2.24, 2.45) is 0 Å². The maximum Gasteiger partial charge on any atom is 0.181 e. The van der Waals surface area contributed by atoms with Gasteiger partial charge in [0.2, 0.25) is 0 Å². The third-order valence-electron chi connectivity index (χ3n) is 3.09. The Morgan fingerprint density at radius 1 is 1.40 bits per heavy atom. The predicted octanol–water partition coefficient (Wildman–Crippen LogP) is 2.31. The number of aromatic nitrogens is 1. The number of nitrogens with zero attached hydrogens (tertiary/aromatic N) is 2. The lowest BCUT2D eigenvalue weighted by atomic mass is 9.96. The highest BCUT2D eigenvalue weighted by molar-refractivity contribution is 5.72. The van der Waals surface area contributed by atoms with E-state index in [0.717, 1.165) is 24.1 Å². The molecule has 3 nitrogen and oxygen atoms in total. The van der Waals surface area contributed by atoms with Gasteiger partial charge < -0.3 is 4.42 Å². The van der Waals surface area contributed by atoms with Crippen LogP contribution in [0, 0.1) is 0 Å². The fourth-order valence-corrected chi connectivity index (χ4v) is 2.24. The van der Waals surface area contributed by atoms with Gasteiger partial charge >= 0.3 is 0 Å². The van der Waals surface area contributed by atoms with Crippen LogP contribution >= 0.6 is 0 Å². The molecular formula is C12H13N2O. The average molecular weight is 201 g/mol. The smallest absolute Gasteiger partial charge is 0.181 e. The van der Waals surface area contributed by atoms with Crippen molar-refractivity contribution in [2.75, 3.05) is 6.54 Å². The second-order valence-electron chi connectivity index (χ2n) is 4.23. The van der Waals surface area contributed by atoms with E-state index >= 15 is 0 Å². The highest BCUT2D eigenvalue weighted by atomic mass is 16.3. The summed E-state index contributed by atoms with van der Waals surface area (Å²) >= 11 is 0. The molecule has 0 bridgehead atoms. The molecule has 1 fully saturated rings. The van der Waals surface area contributed by atoms with E-state index in [1.807, 2.05) is 6.07 Å². The van der Waals surface area contributed by atoms with Crippen molar-refractivity contribution in [1.82, 2.24) is 10.3 Å². The van der Waals surface area contributed by atoms with Gasteiger partial charge in [0.25, 0.3) is 0 Å². The van der Waals surface area contributed by atoms with Crippen molar-refractivity contribution in [3.8, 4) is 0 Å². The zero-order chi connectivity index (χ0) is 10.3. The van der Waals surface area contributed by atoms with Crippen molar-refractivity contribution in [2.45, 2.75) is 25.3 Å². The summed E-state index contributed by atoms with van der Waals surface area (Å²) in [7, 11) is 0. The van der Waals surface area contributed by atoms with Gasteiger partial charge in [-0.3, -0.25) is 0 Å². The Morgan fingerprint density at radius 2 is 2.33 bits per heavy atom. The van der Waals surface area contributed by atoms with E-state index in [1.54, 1.807) is 0 Å². The zero-order valence-electron chi connectivity index (χ0n) is 8.68. The van der Waals surface area contributed by atoms with Crippen LogP contribution in [0.4, 0.5) is 0 Å². The van der Waals surface area contributed by atoms with E-state index in [1.165, 1.54) is 12.0 Å². The quantitative estimate of drug-likeness (QED) is 0.710. The summed E-state index contributed by atoms with van der Waals surface area (Å²) < 4.78 is 5.30. The summed E-state index contributed by atoms with van der Waals surface area (Å²) in [5, 5.41) is 4.52. The molecular weight excluding hydrogens is 188 g/mol. The summed E-state index contributed by atoms with van der Waals surface area (Å²) in [4.78, 5) is 4.11. The number of fused-ring (bicyclic) bond motifs is 1. The molecule has 15 heavy (non-hydrogen) atoms. The van der Waals surface area contributed by atoms with Gasteiger partial charge in [-0.2, -0.15) is 0 Å². The first-order valence-corrected chi connectivity index (χ1v) is 5.32. The summed E-state index contributed by atoms with van der Waals surface area (Å²) in [6.07, 6.45) is 2.65. The van der Waals surface area contributed by atoms with Crippen LogP contribution in [0.3, 0.4) is 0 Å². The fourth-order valence-electron chi connectivity index (χ4n) is 2.24. The van der Waals surface area contributed by atoms with Crippen molar-refractivity contribution in [3.63, 3.8) is 0 Å². The first kappa shape index (κ1) is 8.92. The molecule has 77 valence electrons. The van der Waals surface area contributed by atoms with Crippen LogP contribution in [0.5, 0.6) is 0 Å². The largest absolute Gasteiger partial charge is 0.443 e. The molecule has 1 aliphatic heterocycles. The summed E-state index contributed by atoms with van der Waals surface area (Å²) in [6, 6.07) is 6.77. The van der Waals surface area contributed by atoms with E-state index in [-0.39, 0.29) is 0 Å². The zero-order valence-corrected chi connectivity index (χ0v) is 8.68. The SMILES string of the molecule is CC1CC(c2ccc3ncoc3c2)C[N]1. The Balaban J connectivity index is 1.97. The normalized spacial score (nSPS) is 26.2. The van der Waals surface area contributed by atoms with Gasteiger partial charge in [-0.05, 0) is 37.0 Å². The standard InChI is InChI=1S/C12H13N2O/c1-8-4-10(6-13-8)9-2-3-11-12(5-9)15-7-14-11/h2-3,5,7-8,10H,4,6H2,1H3. The number of hydrogen-bond donors (Lipinski definition) is 0. The molecule has 1 aromatic carbocycles. The third-order valence-corrected chi connectivity index (χ3v) is 3.09. The molecule has 0 amide bonds. The Labute approximate surface area is 88.5 Å². The molecule has 3 rings (SSSR count). The Morgan fingerprint density at radius 3 is 3.13 bits per heavy atom. The van der Waals surface area contributed by atoms with E-state index in [0.29, 0.717) is 12.0 Å². The number of hydrogen-bond acceptors (Lipinski definition) is 2. The topological polar surface area (TPSA) is 40.1 Å². The monoisotopic (exact) mass is 201 g/mol. The fraction of sp³-hybridized carbons (Fsp3) is 0.417. The molecule has 0 aliphatic carbocycles. The van der Waals surface area contributed by atoms with Gasteiger partial charge in [-0.1, -0.05) is 6.07 Å². The minimum Gasteiger partial charge on any atom is -0.443 e. The number of oxazole rings is 1. The number of rotatable bonds is 1. The van der Waals surface area contributed by atoms with Crippen LogP contribution in [0.15, 0.2) is 29.0 Å². The van der Waals surface area contributed by atoms with Gasteiger partial charge in [0.15, 0.2) is 12.0 Å². The molecule has 0 spiro atoms. The molecule has 1 radical (unpaired) electrons.